The largest absolute Gasteiger partial charge is 0.349 e. The van der Waals surface area contributed by atoms with Gasteiger partial charge in [0.1, 0.15) is 0 Å². The molecule has 0 unspecified atom stereocenters. The third-order valence-corrected chi connectivity index (χ3v) is 3.90. The van der Waals surface area contributed by atoms with Crippen molar-refractivity contribution in [2.75, 3.05) is 0 Å². The topological polar surface area (TPSA) is 29.1 Å². The summed E-state index contributed by atoms with van der Waals surface area (Å²) in [7, 11) is 0. The van der Waals surface area contributed by atoms with Crippen LogP contribution in [0.3, 0.4) is 0 Å². The van der Waals surface area contributed by atoms with Crippen LogP contribution in [0.1, 0.15) is 57.1 Å². The van der Waals surface area contributed by atoms with Crippen LogP contribution in [0.15, 0.2) is 30.3 Å². The molecule has 0 heterocycles. The van der Waals surface area contributed by atoms with Gasteiger partial charge in [-0.1, -0.05) is 56.5 Å². The van der Waals surface area contributed by atoms with Crippen LogP contribution < -0.4 is 5.32 Å². The number of hydrogen-bond donors (Lipinski definition) is 1. The van der Waals surface area contributed by atoms with E-state index in [2.05, 4.69) is 24.4 Å². The second kappa shape index (κ2) is 6.58. The first-order valence-corrected chi connectivity index (χ1v) is 7.16. The Balaban J connectivity index is 1.95. The molecule has 1 saturated carbocycles. The molecular formula is C16H23NO. The van der Waals surface area contributed by atoms with Crippen LogP contribution in [0.5, 0.6) is 0 Å². The number of rotatable bonds is 4. The van der Waals surface area contributed by atoms with Gasteiger partial charge < -0.3 is 5.32 Å². The molecule has 0 aromatic heterocycles. The molecule has 1 amide bonds. The Kier molecular flexibility index (Phi) is 4.80. The molecule has 1 aliphatic carbocycles. The van der Waals surface area contributed by atoms with Crippen LogP contribution in [0.25, 0.3) is 0 Å². The molecule has 1 atom stereocenters. The highest BCUT2D eigenvalue weighted by atomic mass is 16.1. The maximum atomic E-state index is 12.2. The summed E-state index contributed by atoms with van der Waals surface area (Å²) >= 11 is 0. The van der Waals surface area contributed by atoms with Gasteiger partial charge in [-0.2, -0.15) is 0 Å². The monoisotopic (exact) mass is 245 g/mol. The van der Waals surface area contributed by atoms with Crippen LogP contribution >= 0.6 is 0 Å². The molecule has 1 N–H and O–H groups in total. The number of carbonyl (C=O) groups is 1. The lowest BCUT2D eigenvalue weighted by Gasteiger charge is -2.24. The molecule has 0 radical (unpaired) electrons. The van der Waals surface area contributed by atoms with E-state index in [1.165, 1.54) is 24.8 Å². The van der Waals surface area contributed by atoms with Crippen molar-refractivity contribution in [3.8, 4) is 0 Å². The summed E-state index contributed by atoms with van der Waals surface area (Å²) in [6.07, 6.45) is 6.79. The van der Waals surface area contributed by atoms with Gasteiger partial charge in [0.25, 0.3) is 0 Å². The minimum absolute atomic E-state index is 0.167. The molecule has 2 nitrogen and oxygen atoms in total. The van der Waals surface area contributed by atoms with E-state index in [9.17, 15) is 4.79 Å². The summed E-state index contributed by atoms with van der Waals surface area (Å²) in [6, 6.07) is 10.4. The fourth-order valence-corrected chi connectivity index (χ4v) is 2.76. The Bertz CT molecular complexity index is 368. The van der Waals surface area contributed by atoms with Crippen molar-refractivity contribution in [3.63, 3.8) is 0 Å². The van der Waals surface area contributed by atoms with Crippen molar-refractivity contribution in [2.24, 2.45) is 5.92 Å². The molecule has 18 heavy (non-hydrogen) atoms. The zero-order valence-electron chi connectivity index (χ0n) is 11.2. The minimum Gasteiger partial charge on any atom is -0.349 e. The van der Waals surface area contributed by atoms with Crippen molar-refractivity contribution in [1.82, 2.24) is 5.32 Å². The van der Waals surface area contributed by atoms with E-state index in [1.807, 2.05) is 18.2 Å². The second-order valence-electron chi connectivity index (χ2n) is 5.22. The first-order valence-electron chi connectivity index (χ1n) is 7.16. The highest BCUT2D eigenvalue weighted by molar-refractivity contribution is 5.79. The first-order chi connectivity index (χ1) is 8.81. The summed E-state index contributed by atoms with van der Waals surface area (Å²) < 4.78 is 0. The number of hydrogen-bond acceptors (Lipinski definition) is 1. The van der Waals surface area contributed by atoms with Crippen molar-refractivity contribution < 1.29 is 4.79 Å². The Morgan fingerprint density at radius 2 is 1.89 bits per heavy atom. The van der Waals surface area contributed by atoms with Crippen molar-refractivity contribution in [1.29, 1.82) is 0 Å². The van der Waals surface area contributed by atoms with Gasteiger partial charge in [-0.15, -0.1) is 0 Å². The number of carbonyl (C=O) groups excluding carboxylic acids is 1. The molecule has 1 aromatic rings. The summed E-state index contributed by atoms with van der Waals surface area (Å²) in [5, 5.41) is 3.21. The molecule has 98 valence electrons. The summed E-state index contributed by atoms with van der Waals surface area (Å²) in [4.78, 5) is 12.2. The van der Waals surface area contributed by atoms with E-state index in [4.69, 9.17) is 0 Å². The summed E-state index contributed by atoms with van der Waals surface area (Å²) in [6.45, 7) is 2.12. The van der Waals surface area contributed by atoms with Crippen LogP contribution in [0.4, 0.5) is 0 Å². The van der Waals surface area contributed by atoms with E-state index < -0.39 is 0 Å². The predicted octanol–water partition coefficient (Wildman–Crippen LogP) is 3.83. The number of nitrogens with one attached hydrogen (secondary N) is 1. The second-order valence-corrected chi connectivity index (χ2v) is 5.22. The Labute approximate surface area is 110 Å². The highest BCUT2D eigenvalue weighted by Gasteiger charge is 2.23. The lowest BCUT2D eigenvalue weighted by atomic mass is 9.88. The standard InChI is InChI=1S/C16H23NO/c1-2-15(13-9-5-3-6-10-13)17-16(18)14-11-7-4-8-12-14/h3,5-6,9-10,14-15H,2,4,7-8,11-12H2,1H3,(H,17,18)/t15-/m0/s1. The average Bonchev–Trinajstić information content (AvgIpc) is 2.46. The maximum Gasteiger partial charge on any atom is 0.223 e. The molecule has 1 aliphatic rings. The first kappa shape index (κ1) is 13.1. The normalized spacial score (nSPS) is 18.3. The van der Waals surface area contributed by atoms with E-state index in [-0.39, 0.29) is 17.9 Å². The molecule has 0 aliphatic heterocycles. The van der Waals surface area contributed by atoms with E-state index in [0.717, 1.165) is 19.3 Å². The van der Waals surface area contributed by atoms with Crippen LogP contribution in [-0.4, -0.2) is 5.91 Å². The molecule has 1 fully saturated rings. The predicted molar refractivity (Wildman–Crippen MR) is 74.2 cm³/mol. The van der Waals surface area contributed by atoms with Gasteiger partial charge in [0, 0.05) is 5.92 Å². The molecule has 1 aromatic carbocycles. The van der Waals surface area contributed by atoms with Crippen LogP contribution in [0.2, 0.25) is 0 Å². The SMILES string of the molecule is CC[C@H](NC(=O)C1CCCCC1)c1ccccc1. The van der Waals surface area contributed by atoms with Crippen molar-refractivity contribution >= 4 is 5.91 Å². The fraction of sp³-hybridized carbons (Fsp3) is 0.562. The quantitative estimate of drug-likeness (QED) is 0.858. The maximum absolute atomic E-state index is 12.2. The lowest BCUT2D eigenvalue weighted by Crippen LogP contribution is -2.34. The highest BCUT2D eigenvalue weighted by Crippen LogP contribution is 2.25. The molecule has 0 spiro atoms. The van der Waals surface area contributed by atoms with Gasteiger partial charge in [-0.25, -0.2) is 0 Å². The molecular weight excluding hydrogens is 222 g/mol. The minimum atomic E-state index is 0.167. The van der Waals surface area contributed by atoms with Gasteiger partial charge in [0.2, 0.25) is 5.91 Å². The Morgan fingerprint density at radius 1 is 1.22 bits per heavy atom. The van der Waals surface area contributed by atoms with Gasteiger partial charge >= 0.3 is 0 Å². The molecule has 2 heteroatoms. The fourth-order valence-electron chi connectivity index (χ4n) is 2.76. The Hall–Kier alpha value is -1.31. The van der Waals surface area contributed by atoms with Gasteiger partial charge in [-0.3, -0.25) is 4.79 Å². The van der Waals surface area contributed by atoms with Gasteiger partial charge in [-0.05, 0) is 24.8 Å². The van der Waals surface area contributed by atoms with Gasteiger partial charge in [0.05, 0.1) is 6.04 Å². The zero-order chi connectivity index (χ0) is 12.8. The van der Waals surface area contributed by atoms with E-state index >= 15 is 0 Å². The Morgan fingerprint density at radius 3 is 2.50 bits per heavy atom. The van der Waals surface area contributed by atoms with Crippen LogP contribution in [-0.2, 0) is 4.79 Å². The van der Waals surface area contributed by atoms with E-state index in [0.29, 0.717) is 0 Å². The van der Waals surface area contributed by atoms with E-state index in [1.54, 1.807) is 0 Å². The third kappa shape index (κ3) is 3.34. The summed E-state index contributed by atoms with van der Waals surface area (Å²) in [5.74, 6) is 0.502. The van der Waals surface area contributed by atoms with Gasteiger partial charge in [0.15, 0.2) is 0 Å². The molecule has 0 saturated heterocycles. The lowest BCUT2D eigenvalue weighted by molar-refractivity contribution is -0.126. The van der Waals surface area contributed by atoms with Crippen molar-refractivity contribution in [3.05, 3.63) is 35.9 Å². The van der Waals surface area contributed by atoms with Crippen molar-refractivity contribution in [2.45, 2.75) is 51.5 Å². The molecule has 0 bridgehead atoms. The summed E-state index contributed by atoms with van der Waals surface area (Å²) in [5.41, 5.74) is 1.21. The number of amides is 1. The number of benzene rings is 1. The smallest absolute Gasteiger partial charge is 0.223 e. The zero-order valence-corrected chi connectivity index (χ0v) is 11.2. The van der Waals surface area contributed by atoms with Crippen LogP contribution in [0, 0.1) is 5.92 Å². The average molecular weight is 245 g/mol. The third-order valence-electron chi connectivity index (χ3n) is 3.90. The molecule has 2 rings (SSSR count).